The number of hydrogen-bond donors (Lipinski definition) is 1. The average Bonchev–Trinajstić information content (AvgIpc) is 3.23. The number of hydrogen-bond acceptors (Lipinski definition) is 5. The molecule has 130 valence electrons. The fraction of sp³-hybridized carbons (Fsp3) is 0.294. The molecule has 25 heavy (non-hydrogen) atoms. The Balaban J connectivity index is 1.59. The molecule has 0 aliphatic carbocycles. The zero-order chi connectivity index (χ0) is 17.6. The number of thiophene rings is 1. The molecule has 6 nitrogen and oxygen atoms in total. The first-order valence-corrected chi connectivity index (χ1v) is 10.4. The van der Waals surface area contributed by atoms with Crippen LogP contribution >= 0.6 is 11.3 Å². The summed E-state index contributed by atoms with van der Waals surface area (Å²) in [6, 6.07) is 8.98. The summed E-state index contributed by atoms with van der Waals surface area (Å²) in [6.45, 7) is 4.66. The number of sulfonamides is 1. The lowest BCUT2D eigenvalue weighted by atomic mass is 10.2. The Labute approximate surface area is 150 Å². The SMILES string of the molecule is Cc1cc(S(=O)(=O)Nc2ccc(-c3nnc4n3CCC4)cc2)c(C)s1. The maximum Gasteiger partial charge on any atom is 0.262 e. The molecule has 4 rings (SSSR count). The third-order valence-electron chi connectivity index (χ3n) is 4.29. The van der Waals surface area contributed by atoms with Crippen molar-refractivity contribution >= 4 is 27.0 Å². The molecule has 0 fully saturated rings. The van der Waals surface area contributed by atoms with Crippen LogP contribution in [-0.4, -0.2) is 23.2 Å². The minimum Gasteiger partial charge on any atom is -0.311 e. The van der Waals surface area contributed by atoms with Crippen molar-refractivity contribution in [2.75, 3.05) is 4.72 Å². The molecular weight excluding hydrogens is 356 g/mol. The van der Waals surface area contributed by atoms with Crippen LogP contribution in [0, 0.1) is 13.8 Å². The van der Waals surface area contributed by atoms with E-state index in [2.05, 4.69) is 19.5 Å². The largest absolute Gasteiger partial charge is 0.311 e. The maximum atomic E-state index is 12.6. The van der Waals surface area contributed by atoms with Gasteiger partial charge in [-0.05, 0) is 50.6 Å². The first-order chi connectivity index (χ1) is 11.9. The van der Waals surface area contributed by atoms with Crippen molar-refractivity contribution < 1.29 is 8.42 Å². The molecule has 1 aliphatic heterocycles. The minimum atomic E-state index is -3.57. The molecule has 0 radical (unpaired) electrons. The molecule has 0 amide bonds. The van der Waals surface area contributed by atoms with E-state index in [1.165, 1.54) is 11.3 Å². The molecule has 1 N–H and O–H groups in total. The molecule has 0 atom stereocenters. The van der Waals surface area contributed by atoms with Crippen molar-refractivity contribution in [1.29, 1.82) is 0 Å². The van der Waals surface area contributed by atoms with E-state index in [1.807, 2.05) is 26.0 Å². The zero-order valence-corrected chi connectivity index (χ0v) is 15.6. The molecule has 0 unspecified atom stereocenters. The molecule has 3 aromatic rings. The molecule has 2 aromatic heterocycles. The molecular formula is C17H18N4O2S2. The highest BCUT2D eigenvalue weighted by Crippen LogP contribution is 2.28. The number of aryl methyl sites for hydroxylation is 3. The maximum absolute atomic E-state index is 12.6. The number of nitrogens with one attached hydrogen (secondary N) is 1. The summed E-state index contributed by atoms with van der Waals surface area (Å²) in [6.07, 6.45) is 2.05. The summed E-state index contributed by atoms with van der Waals surface area (Å²) in [5.41, 5.74) is 1.47. The van der Waals surface area contributed by atoms with Crippen LogP contribution in [0.15, 0.2) is 35.2 Å². The van der Waals surface area contributed by atoms with Crippen LogP contribution in [0.25, 0.3) is 11.4 Å². The summed E-state index contributed by atoms with van der Waals surface area (Å²) in [5, 5.41) is 8.46. The van der Waals surface area contributed by atoms with Gasteiger partial charge in [0.1, 0.15) is 10.7 Å². The Morgan fingerprint density at radius 1 is 1.16 bits per heavy atom. The number of aromatic nitrogens is 3. The Hall–Kier alpha value is -2.19. The Morgan fingerprint density at radius 2 is 1.92 bits per heavy atom. The second kappa shape index (κ2) is 5.96. The van der Waals surface area contributed by atoms with Gasteiger partial charge in [0.05, 0.1) is 0 Å². The monoisotopic (exact) mass is 374 g/mol. The quantitative estimate of drug-likeness (QED) is 0.759. The first-order valence-electron chi connectivity index (χ1n) is 8.06. The lowest BCUT2D eigenvalue weighted by Gasteiger charge is -2.09. The highest BCUT2D eigenvalue weighted by Gasteiger charge is 2.20. The van der Waals surface area contributed by atoms with Crippen LogP contribution in [0.5, 0.6) is 0 Å². The van der Waals surface area contributed by atoms with Gasteiger partial charge in [-0.25, -0.2) is 8.42 Å². The third-order valence-corrected chi connectivity index (χ3v) is 6.89. The van der Waals surface area contributed by atoms with Crippen molar-refractivity contribution in [2.45, 2.75) is 38.1 Å². The Bertz CT molecular complexity index is 1030. The second-order valence-corrected chi connectivity index (χ2v) is 9.27. The fourth-order valence-electron chi connectivity index (χ4n) is 3.14. The van der Waals surface area contributed by atoms with E-state index in [4.69, 9.17) is 0 Å². The van der Waals surface area contributed by atoms with E-state index in [-0.39, 0.29) is 0 Å². The van der Waals surface area contributed by atoms with Gasteiger partial charge in [0, 0.05) is 34.0 Å². The average molecular weight is 374 g/mol. The van der Waals surface area contributed by atoms with E-state index in [1.54, 1.807) is 18.2 Å². The summed E-state index contributed by atoms with van der Waals surface area (Å²) in [7, 11) is -3.57. The summed E-state index contributed by atoms with van der Waals surface area (Å²) in [5.74, 6) is 1.86. The van der Waals surface area contributed by atoms with Crippen LogP contribution in [0.2, 0.25) is 0 Å². The first kappa shape index (κ1) is 16.3. The standard InChI is InChI=1S/C17H18N4O2S2/c1-11-10-15(12(2)24-11)25(22,23)20-14-7-5-13(6-8-14)17-19-18-16-4-3-9-21(16)17/h5-8,10,20H,3-4,9H2,1-2H3. The predicted molar refractivity (Wildman–Crippen MR) is 98.4 cm³/mol. The predicted octanol–water partition coefficient (Wildman–Crippen LogP) is 3.37. The fourth-order valence-corrected chi connectivity index (χ4v) is 5.75. The Kier molecular flexibility index (Phi) is 3.88. The topological polar surface area (TPSA) is 76.9 Å². The summed E-state index contributed by atoms with van der Waals surface area (Å²) in [4.78, 5) is 2.11. The van der Waals surface area contributed by atoms with Gasteiger partial charge in [-0.3, -0.25) is 4.72 Å². The Morgan fingerprint density at radius 3 is 2.60 bits per heavy atom. The molecule has 0 bridgehead atoms. The van der Waals surface area contributed by atoms with Crippen molar-refractivity contribution in [3.05, 3.63) is 45.9 Å². The van der Waals surface area contributed by atoms with Gasteiger partial charge in [0.2, 0.25) is 0 Å². The van der Waals surface area contributed by atoms with E-state index in [0.29, 0.717) is 10.6 Å². The van der Waals surface area contributed by atoms with E-state index >= 15 is 0 Å². The highest BCUT2D eigenvalue weighted by molar-refractivity contribution is 7.93. The van der Waals surface area contributed by atoms with Gasteiger partial charge in [-0.1, -0.05) is 0 Å². The number of benzene rings is 1. The molecule has 0 saturated heterocycles. The number of anilines is 1. The van der Waals surface area contributed by atoms with Crippen LogP contribution in [0.3, 0.4) is 0 Å². The molecule has 0 saturated carbocycles. The van der Waals surface area contributed by atoms with E-state index < -0.39 is 10.0 Å². The molecule has 3 heterocycles. The van der Waals surface area contributed by atoms with Gasteiger partial charge in [0.15, 0.2) is 5.82 Å². The zero-order valence-electron chi connectivity index (χ0n) is 14.0. The van der Waals surface area contributed by atoms with Gasteiger partial charge >= 0.3 is 0 Å². The van der Waals surface area contributed by atoms with Gasteiger partial charge in [-0.15, -0.1) is 21.5 Å². The lowest BCUT2D eigenvalue weighted by Crippen LogP contribution is -2.13. The van der Waals surface area contributed by atoms with Gasteiger partial charge in [-0.2, -0.15) is 0 Å². The van der Waals surface area contributed by atoms with Crippen LogP contribution in [-0.2, 0) is 23.0 Å². The van der Waals surface area contributed by atoms with Crippen molar-refractivity contribution in [1.82, 2.24) is 14.8 Å². The minimum absolute atomic E-state index is 0.342. The normalized spacial score (nSPS) is 13.8. The molecule has 1 aliphatic rings. The van der Waals surface area contributed by atoms with Crippen molar-refractivity contribution in [2.24, 2.45) is 0 Å². The number of fused-ring (bicyclic) bond motifs is 1. The molecule has 0 spiro atoms. The third kappa shape index (κ3) is 2.96. The van der Waals surface area contributed by atoms with Crippen molar-refractivity contribution in [3.63, 3.8) is 0 Å². The van der Waals surface area contributed by atoms with Crippen molar-refractivity contribution in [3.8, 4) is 11.4 Å². The summed E-state index contributed by atoms with van der Waals surface area (Å²) >= 11 is 1.48. The molecule has 8 heteroatoms. The van der Waals surface area contributed by atoms with Crippen LogP contribution in [0.4, 0.5) is 5.69 Å². The second-order valence-electron chi connectivity index (χ2n) is 6.16. The van der Waals surface area contributed by atoms with Crippen LogP contribution < -0.4 is 4.72 Å². The smallest absolute Gasteiger partial charge is 0.262 e. The lowest BCUT2D eigenvalue weighted by molar-refractivity contribution is 0.601. The van der Waals surface area contributed by atoms with E-state index in [0.717, 1.165) is 46.4 Å². The number of rotatable bonds is 4. The molecule has 1 aromatic carbocycles. The van der Waals surface area contributed by atoms with Gasteiger partial charge < -0.3 is 4.57 Å². The summed E-state index contributed by atoms with van der Waals surface area (Å²) < 4.78 is 29.9. The highest BCUT2D eigenvalue weighted by atomic mass is 32.2. The number of nitrogens with zero attached hydrogens (tertiary/aromatic N) is 3. The van der Waals surface area contributed by atoms with Gasteiger partial charge in [0.25, 0.3) is 10.0 Å². The van der Waals surface area contributed by atoms with Crippen LogP contribution in [0.1, 0.15) is 22.0 Å². The van der Waals surface area contributed by atoms with E-state index in [9.17, 15) is 8.42 Å².